The van der Waals surface area contributed by atoms with E-state index in [1.807, 2.05) is 95.6 Å². The molecule has 0 atom stereocenters. The maximum atomic E-state index is 12.7. The molecule has 9 rings (SSSR count). The molecule has 9 aromatic rings. The van der Waals surface area contributed by atoms with Crippen LogP contribution in [-0.2, 0) is 48.1 Å². The summed E-state index contributed by atoms with van der Waals surface area (Å²) in [4.78, 5) is 10.5. The van der Waals surface area contributed by atoms with Gasteiger partial charge in [0.05, 0.1) is 29.1 Å². The number of hydrogen-bond donors (Lipinski definition) is 1. The third-order valence-corrected chi connectivity index (χ3v) is 14.1. The number of pyridine rings is 1. The number of para-hydroxylation sites is 1. The number of rotatable bonds is 7. The fourth-order valence-electron chi connectivity index (χ4n) is 9.48. The second-order valence-corrected chi connectivity index (χ2v) is 24.8. The Hall–Kier alpha value is -6.35. The molecule has 0 aliphatic rings. The van der Waals surface area contributed by atoms with Crippen molar-refractivity contribution in [1.29, 1.82) is 0 Å². The van der Waals surface area contributed by atoms with Crippen molar-refractivity contribution in [3.63, 3.8) is 0 Å². The van der Waals surface area contributed by atoms with Crippen LogP contribution in [-0.4, -0.2) is 19.6 Å². The van der Waals surface area contributed by atoms with Crippen LogP contribution in [0.3, 0.4) is 0 Å². The minimum absolute atomic E-state index is 0. The normalized spacial score (nSPS) is 14.3. The van der Waals surface area contributed by atoms with Crippen LogP contribution in [0.2, 0.25) is 0 Å². The molecule has 1 N–H and O–H groups in total. The first kappa shape index (κ1) is 44.0. The molecule has 0 fully saturated rings. The van der Waals surface area contributed by atoms with Gasteiger partial charge in [0.2, 0.25) is 0 Å². The van der Waals surface area contributed by atoms with Gasteiger partial charge in [-0.3, -0.25) is 9.55 Å². The van der Waals surface area contributed by atoms with E-state index in [-0.39, 0.29) is 66.1 Å². The Morgan fingerprint density at radius 2 is 1.11 bits per heavy atom. The van der Waals surface area contributed by atoms with E-state index < -0.39 is 30.4 Å². The van der Waals surface area contributed by atoms with Gasteiger partial charge in [-0.15, -0.1) is 29.3 Å². The number of imidazole rings is 1. The Morgan fingerprint density at radius 1 is 0.514 bits per heavy atom. The summed E-state index contributed by atoms with van der Waals surface area (Å²) in [6.07, 6.45) is 1.80. The standard InChI is InChI=1S/C69H74N3O.Pt/c1-43-35-50(65(2,3)4)29-31-54(43)46-27-25-44(26-28-46)47-33-34-70-59(39-47)49-36-48(37-52(38-49)67(8,9)10)55-23-20-24-61-62(55)71-64(57-41-53(68(11,12)13)42-58(63(57)73)69(14,15)16)72(61)60-32-30-51(66(5,6)7)40-56(60)45-21-18-17-19-22-45;/h17-35,37-42,73H,1-16H3;/q-1;/i1D3,17D,18D,19D,21D,22D;. The number of benzene rings is 7. The van der Waals surface area contributed by atoms with E-state index in [0.717, 1.165) is 61.2 Å². The van der Waals surface area contributed by atoms with Crippen LogP contribution < -0.4 is 0 Å². The number of aryl methyl sites for hydroxylation is 1. The number of aromatic hydroxyl groups is 1. The van der Waals surface area contributed by atoms with Crippen molar-refractivity contribution in [1.82, 2.24) is 14.5 Å². The zero-order chi connectivity index (χ0) is 59.4. The van der Waals surface area contributed by atoms with Gasteiger partial charge < -0.3 is 5.11 Å². The molecule has 0 aliphatic heterocycles. The van der Waals surface area contributed by atoms with Gasteiger partial charge in [-0.1, -0.05) is 218 Å². The molecule has 0 radical (unpaired) electrons. The molecule has 0 unspecified atom stereocenters. The molecule has 382 valence electrons. The number of phenolic OH excluding ortho intramolecular Hbond substituents is 1. The van der Waals surface area contributed by atoms with Crippen LogP contribution in [0.1, 0.15) is 148 Å². The summed E-state index contributed by atoms with van der Waals surface area (Å²) < 4.78 is 72.1. The zero-order valence-electron chi connectivity index (χ0n) is 53.7. The summed E-state index contributed by atoms with van der Waals surface area (Å²) in [5.74, 6) is 0.483. The maximum Gasteiger partial charge on any atom is 0.148 e. The molecule has 0 bridgehead atoms. The van der Waals surface area contributed by atoms with Crippen molar-refractivity contribution in [2.24, 2.45) is 0 Å². The first-order valence-electron chi connectivity index (χ1n) is 29.4. The van der Waals surface area contributed by atoms with Crippen LogP contribution in [0.4, 0.5) is 0 Å². The monoisotopic (exact) mass is 1160 g/mol. The third kappa shape index (κ3) is 10.8. The van der Waals surface area contributed by atoms with Crippen LogP contribution >= 0.6 is 0 Å². The van der Waals surface area contributed by atoms with Gasteiger partial charge in [0.1, 0.15) is 11.6 Å². The van der Waals surface area contributed by atoms with Gasteiger partial charge in [0.15, 0.2) is 0 Å². The number of aromatic nitrogens is 3. The Morgan fingerprint density at radius 3 is 1.74 bits per heavy atom. The second-order valence-electron chi connectivity index (χ2n) is 24.8. The van der Waals surface area contributed by atoms with E-state index in [2.05, 4.69) is 134 Å². The van der Waals surface area contributed by atoms with Crippen molar-refractivity contribution in [2.45, 2.75) is 138 Å². The molecule has 0 amide bonds. The van der Waals surface area contributed by atoms with Crippen molar-refractivity contribution >= 4 is 11.0 Å². The summed E-state index contributed by atoms with van der Waals surface area (Å²) in [6.45, 7) is 29.3. The summed E-state index contributed by atoms with van der Waals surface area (Å²) in [7, 11) is 0. The first-order chi connectivity index (χ1) is 37.4. The third-order valence-electron chi connectivity index (χ3n) is 14.1. The molecule has 74 heavy (non-hydrogen) atoms. The Labute approximate surface area is 467 Å². The van der Waals surface area contributed by atoms with Crippen molar-refractivity contribution in [3.05, 3.63) is 191 Å². The van der Waals surface area contributed by atoms with Crippen LogP contribution in [0.25, 0.3) is 83.9 Å². The molecule has 2 heterocycles. The first-order valence-corrected chi connectivity index (χ1v) is 25.4. The van der Waals surface area contributed by atoms with Gasteiger partial charge in [-0.25, -0.2) is 4.98 Å². The Kier molecular flexibility index (Phi) is 11.7. The van der Waals surface area contributed by atoms with Crippen molar-refractivity contribution < 1.29 is 37.1 Å². The average Bonchev–Trinajstić information content (AvgIpc) is 1.88. The second kappa shape index (κ2) is 19.7. The molecule has 0 aliphatic carbocycles. The predicted molar refractivity (Wildman–Crippen MR) is 310 cm³/mol. The molecule has 7 aromatic carbocycles. The van der Waals surface area contributed by atoms with Gasteiger partial charge in [0, 0.05) is 48.2 Å². The predicted octanol–water partition coefficient (Wildman–Crippen LogP) is 18.7. The smallest absolute Gasteiger partial charge is 0.148 e. The van der Waals surface area contributed by atoms with E-state index in [4.69, 9.17) is 18.2 Å². The van der Waals surface area contributed by atoms with Crippen molar-refractivity contribution in [2.75, 3.05) is 0 Å². The maximum absolute atomic E-state index is 12.7. The minimum Gasteiger partial charge on any atom is -0.507 e. The van der Waals surface area contributed by atoms with Crippen LogP contribution in [0.15, 0.2) is 152 Å². The molecule has 0 spiro atoms. The van der Waals surface area contributed by atoms with Gasteiger partial charge in [-0.2, -0.15) is 0 Å². The summed E-state index contributed by atoms with van der Waals surface area (Å²) in [5.41, 5.74) is 12.3. The molecular formula is C69H74N3OPt-. The molecule has 2 aromatic heterocycles. The van der Waals surface area contributed by atoms with Crippen molar-refractivity contribution in [3.8, 4) is 78.6 Å². The SMILES string of the molecule is [2H]c1c([2H])c([2H])c(-c2cc(C(C)(C)C)ccc2-n2c(-c3cc(C(C)(C)C)cc(C(C)(C)C)c3O)nc3c(-c4[c-]c(-c5cc(-c6ccc(-c7ccc(C(C)(C)C)cc7C([2H])([2H])[2H])cc6)ccn5)cc(C(C)(C)C)c4)cccc32)c([2H])c1[2H].[Pt]. The van der Waals surface area contributed by atoms with E-state index in [9.17, 15) is 7.85 Å². The fraction of sp³-hybridized carbons (Fsp3) is 0.304. The van der Waals surface area contributed by atoms with E-state index >= 15 is 0 Å². The summed E-state index contributed by atoms with van der Waals surface area (Å²) >= 11 is 0. The van der Waals surface area contributed by atoms with E-state index in [0.29, 0.717) is 50.5 Å². The van der Waals surface area contributed by atoms with Crippen LogP contribution in [0, 0.1) is 12.9 Å². The van der Waals surface area contributed by atoms with Gasteiger partial charge >= 0.3 is 0 Å². The Balaban J connectivity index is 0.00000880. The molecule has 0 saturated carbocycles. The average molecular weight is 1160 g/mol. The fourth-order valence-corrected chi connectivity index (χ4v) is 9.48. The minimum atomic E-state index is -2.30. The van der Waals surface area contributed by atoms with Gasteiger partial charge in [-0.05, 0) is 114 Å². The number of phenols is 1. The van der Waals surface area contributed by atoms with Gasteiger partial charge in [0.25, 0.3) is 0 Å². The quantitative estimate of drug-likeness (QED) is 0.162. The molecule has 4 nitrogen and oxygen atoms in total. The van der Waals surface area contributed by atoms with Crippen LogP contribution in [0.5, 0.6) is 5.75 Å². The number of hydrogen-bond acceptors (Lipinski definition) is 3. The summed E-state index contributed by atoms with van der Waals surface area (Å²) in [6, 6.07) is 39.8. The topological polar surface area (TPSA) is 50.9 Å². The van der Waals surface area contributed by atoms with E-state index in [1.54, 1.807) is 6.20 Å². The largest absolute Gasteiger partial charge is 0.507 e. The number of fused-ring (bicyclic) bond motifs is 1. The number of nitrogens with zero attached hydrogens (tertiary/aromatic N) is 3. The van der Waals surface area contributed by atoms with E-state index in [1.165, 1.54) is 0 Å². The Bertz CT molecular complexity index is 3920. The molecule has 0 saturated heterocycles. The molecule has 5 heteroatoms. The summed E-state index contributed by atoms with van der Waals surface area (Å²) in [5, 5.41) is 12.7. The molecular weight excluding hydrogens is 1080 g/mol. The zero-order valence-corrected chi connectivity index (χ0v) is 47.9.